The first-order chi connectivity index (χ1) is 13.6. The molecule has 0 aromatic heterocycles. The van der Waals surface area contributed by atoms with Crippen LogP contribution in [0.5, 0.6) is 11.5 Å². The Kier molecular flexibility index (Phi) is 12.1. The number of nitrogens with zero attached hydrogens (tertiary/aromatic N) is 1. The van der Waals surface area contributed by atoms with Crippen LogP contribution in [0.4, 0.5) is 0 Å². The molecule has 1 fully saturated rings. The van der Waals surface area contributed by atoms with Crippen molar-refractivity contribution in [2.45, 2.75) is 44.4 Å². The number of nitrogens with one attached hydrogen (secondary N) is 2. The van der Waals surface area contributed by atoms with Gasteiger partial charge >= 0.3 is 0 Å². The van der Waals surface area contributed by atoms with E-state index < -0.39 is 0 Å². The molecule has 1 aromatic carbocycles. The molecule has 29 heavy (non-hydrogen) atoms. The van der Waals surface area contributed by atoms with E-state index in [9.17, 15) is 0 Å². The minimum absolute atomic E-state index is 0. The van der Waals surface area contributed by atoms with Gasteiger partial charge in [0.05, 0.1) is 19.3 Å². The number of guanidine groups is 1. The highest BCUT2D eigenvalue weighted by Crippen LogP contribution is 2.33. The summed E-state index contributed by atoms with van der Waals surface area (Å²) in [6.45, 7) is 9.83. The van der Waals surface area contributed by atoms with E-state index >= 15 is 0 Å². The van der Waals surface area contributed by atoms with Gasteiger partial charge in [-0.15, -0.1) is 24.0 Å². The van der Waals surface area contributed by atoms with Crippen LogP contribution in [0.2, 0.25) is 0 Å². The van der Waals surface area contributed by atoms with Crippen LogP contribution in [0.15, 0.2) is 23.2 Å². The molecule has 1 aromatic rings. The molecule has 6 nitrogen and oxygen atoms in total. The summed E-state index contributed by atoms with van der Waals surface area (Å²) < 4.78 is 17.2. The third kappa shape index (κ3) is 7.71. The lowest BCUT2D eigenvalue weighted by Crippen LogP contribution is -2.48. The molecule has 0 amide bonds. The van der Waals surface area contributed by atoms with Crippen molar-refractivity contribution in [2.24, 2.45) is 4.99 Å². The summed E-state index contributed by atoms with van der Waals surface area (Å²) in [6.07, 6.45) is 4.30. The maximum Gasteiger partial charge on any atom is 0.191 e. The summed E-state index contributed by atoms with van der Waals surface area (Å²) in [5, 5.41) is 7.00. The van der Waals surface area contributed by atoms with Gasteiger partial charge in [0, 0.05) is 31.6 Å². The lowest BCUT2D eigenvalue weighted by atomic mass is 9.99. The van der Waals surface area contributed by atoms with Crippen molar-refractivity contribution in [1.82, 2.24) is 10.6 Å². The van der Waals surface area contributed by atoms with Crippen molar-refractivity contribution in [1.29, 1.82) is 0 Å². The Hall–Kier alpha value is -0.870. The molecule has 0 bridgehead atoms. The average molecular weight is 538 g/mol. The van der Waals surface area contributed by atoms with Gasteiger partial charge < -0.3 is 24.8 Å². The fourth-order valence-electron chi connectivity index (χ4n) is 3.26. The van der Waals surface area contributed by atoms with Gasteiger partial charge in [-0.1, -0.05) is 6.07 Å². The number of rotatable bonds is 9. The van der Waals surface area contributed by atoms with Gasteiger partial charge in [-0.3, -0.25) is 4.99 Å². The van der Waals surface area contributed by atoms with Gasteiger partial charge in [0.25, 0.3) is 0 Å². The zero-order chi connectivity index (χ0) is 20.4. The predicted molar refractivity (Wildman–Crippen MR) is 133 cm³/mol. The minimum Gasteiger partial charge on any atom is -0.490 e. The highest BCUT2D eigenvalue weighted by atomic mass is 127. The van der Waals surface area contributed by atoms with E-state index in [1.165, 1.54) is 0 Å². The summed E-state index contributed by atoms with van der Waals surface area (Å²) in [7, 11) is 1.81. The SMILES string of the molecule is CCOc1ccc(C(C)NC(=NC)NCC2(SC)CCOCC2)cc1OCC.I. The molecule has 2 N–H and O–H groups in total. The van der Waals surface area contributed by atoms with Gasteiger partial charge in [0.1, 0.15) is 0 Å². The van der Waals surface area contributed by atoms with Gasteiger partial charge in [-0.2, -0.15) is 11.8 Å². The number of hydrogen-bond donors (Lipinski definition) is 2. The van der Waals surface area contributed by atoms with Crippen LogP contribution < -0.4 is 20.1 Å². The van der Waals surface area contributed by atoms with E-state index in [2.05, 4.69) is 34.9 Å². The highest BCUT2D eigenvalue weighted by Gasteiger charge is 2.31. The van der Waals surface area contributed by atoms with Gasteiger partial charge in [-0.05, 0) is 57.6 Å². The monoisotopic (exact) mass is 537 g/mol. The summed E-state index contributed by atoms with van der Waals surface area (Å²) in [4.78, 5) is 4.41. The van der Waals surface area contributed by atoms with Crippen LogP contribution in [-0.2, 0) is 4.74 Å². The third-order valence-electron chi connectivity index (χ3n) is 5.06. The van der Waals surface area contributed by atoms with Gasteiger partial charge in [0.15, 0.2) is 17.5 Å². The largest absolute Gasteiger partial charge is 0.490 e. The Morgan fingerprint density at radius 1 is 1.21 bits per heavy atom. The number of benzene rings is 1. The summed E-state index contributed by atoms with van der Waals surface area (Å²) in [5.74, 6) is 2.37. The third-order valence-corrected chi connectivity index (χ3v) is 6.48. The molecule has 0 aliphatic carbocycles. The maximum atomic E-state index is 5.75. The van der Waals surface area contributed by atoms with Crippen molar-refractivity contribution in [3.63, 3.8) is 0 Å². The number of ether oxygens (including phenoxy) is 3. The molecule has 1 aliphatic heterocycles. The molecule has 0 spiro atoms. The first-order valence-corrected chi connectivity index (χ1v) is 11.3. The van der Waals surface area contributed by atoms with Crippen LogP contribution in [-0.4, -0.2) is 57.0 Å². The predicted octanol–water partition coefficient (Wildman–Crippen LogP) is 4.24. The quantitative estimate of drug-likeness (QED) is 0.279. The van der Waals surface area contributed by atoms with Crippen LogP contribution in [0.1, 0.15) is 45.2 Å². The Labute approximate surface area is 197 Å². The minimum atomic E-state index is 0. The molecule has 1 atom stereocenters. The Bertz CT molecular complexity index is 640. The summed E-state index contributed by atoms with van der Waals surface area (Å²) in [6, 6.07) is 6.17. The molecule has 1 aliphatic rings. The van der Waals surface area contributed by atoms with E-state index in [0.29, 0.717) is 13.2 Å². The Morgan fingerprint density at radius 3 is 2.45 bits per heavy atom. The van der Waals surface area contributed by atoms with E-state index in [-0.39, 0.29) is 34.8 Å². The first kappa shape index (κ1) is 26.2. The smallest absolute Gasteiger partial charge is 0.191 e. The topological polar surface area (TPSA) is 64.1 Å². The van der Waals surface area contributed by atoms with E-state index in [0.717, 1.165) is 55.6 Å². The highest BCUT2D eigenvalue weighted by molar-refractivity contribution is 14.0. The molecule has 8 heteroatoms. The summed E-state index contributed by atoms with van der Waals surface area (Å²) in [5.41, 5.74) is 1.13. The lowest BCUT2D eigenvalue weighted by Gasteiger charge is -2.36. The van der Waals surface area contributed by atoms with Crippen molar-refractivity contribution in [2.75, 3.05) is 46.3 Å². The van der Waals surface area contributed by atoms with Crippen molar-refractivity contribution < 1.29 is 14.2 Å². The molecule has 1 heterocycles. The fourth-order valence-corrected chi connectivity index (χ4v) is 4.05. The molecule has 1 unspecified atom stereocenters. The first-order valence-electron chi connectivity index (χ1n) is 10.1. The zero-order valence-electron chi connectivity index (χ0n) is 18.2. The normalized spacial score (nSPS) is 17.1. The second-order valence-corrected chi connectivity index (χ2v) is 8.14. The average Bonchev–Trinajstić information content (AvgIpc) is 2.73. The molecule has 1 saturated heterocycles. The molecule has 0 radical (unpaired) electrons. The Morgan fingerprint density at radius 2 is 1.86 bits per heavy atom. The van der Waals surface area contributed by atoms with Crippen LogP contribution >= 0.6 is 35.7 Å². The van der Waals surface area contributed by atoms with Crippen molar-refractivity contribution in [3.8, 4) is 11.5 Å². The maximum absolute atomic E-state index is 5.75. The molecule has 0 saturated carbocycles. The lowest BCUT2D eigenvalue weighted by molar-refractivity contribution is 0.0782. The second kappa shape index (κ2) is 13.4. The summed E-state index contributed by atoms with van der Waals surface area (Å²) >= 11 is 1.92. The molecular formula is C21H36IN3O3S. The molecule has 2 rings (SSSR count). The second-order valence-electron chi connectivity index (χ2n) is 6.86. The van der Waals surface area contributed by atoms with Crippen LogP contribution in [0, 0.1) is 0 Å². The molecule has 166 valence electrons. The van der Waals surface area contributed by atoms with Crippen molar-refractivity contribution in [3.05, 3.63) is 23.8 Å². The molecular weight excluding hydrogens is 501 g/mol. The van der Waals surface area contributed by atoms with Crippen LogP contribution in [0.3, 0.4) is 0 Å². The van der Waals surface area contributed by atoms with E-state index in [1.54, 1.807) is 0 Å². The van der Waals surface area contributed by atoms with Crippen LogP contribution in [0.25, 0.3) is 0 Å². The zero-order valence-corrected chi connectivity index (χ0v) is 21.4. The number of hydrogen-bond acceptors (Lipinski definition) is 5. The number of thioether (sulfide) groups is 1. The van der Waals surface area contributed by atoms with Gasteiger partial charge in [-0.25, -0.2) is 0 Å². The van der Waals surface area contributed by atoms with E-state index in [1.807, 2.05) is 44.8 Å². The standard InChI is InChI=1S/C21H35N3O3S.HI/c1-6-26-18-9-8-17(14-19(18)27-7-2)16(3)24-20(22-4)23-15-21(28-5)10-12-25-13-11-21;/h8-9,14,16H,6-7,10-13,15H2,1-5H3,(H2,22,23,24);1H. The Balaban J connectivity index is 0.00000420. The fraction of sp³-hybridized carbons (Fsp3) is 0.667. The van der Waals surface area contributed by atoms with Gasteiger partial charge in [0.2, 0.25) is 0 Å². The number of aliphatic imine (C=N–C) groups is 1. The van der Waals surface area contributed by atoms with E-state index in [4.69, 9.17) is 14.2 Å². The van der Waals surface area contributed by atoms with Crippen molar-refractivity contribution >= 4 is 41.7 Å². The number of halogens is 1.